The largest absolute Gasteiger partial charge is 0.477 e. The Morgan fingerprint density at radius 1 is 1.00 bits per heavy atom. The van der Waals surface area contributed by atoms with Crippen LogP contribution in [-0.4, -0.2) is 21.6 Å². The van der Waals surface area contributed by atoms with Crippen LogP contribution in [0.2, 0.25) is 0 Å². The molecule has 0 bridgehead atoms. The Kier molecular flexibility index (Phi) is 2.54. The van der Waals surface area contributed by atoms with E-state index in [2.05, 4.69) is 21.9 Å². The molecule has 2 N–H and O–H groups in total. The van der Waals surface area contributed by atoms with E-state index in [0.717, 1.165) is 39.0 Å². The Hall–Kier alpha value is -2.69. The fourth-order valence-electron chi connectivity index (χ4n) is 2.76. The van der Waals surface area contributed by atoms with Crippen molar-refractivity contribution in [3.05, 3.63) is 30.6 Å². The molecule has 2 aromatic heterocycles. The molecule has 0 radical (unpaired) electrons. The molecule has 5 nitrogen and oxygen atoms in total. The van der Waals surface area contributed by atoms with Gasteiger partial charge in [0.1, 0.15) is 12.1 Å². The van der Waals surface area contributed by atoms with Crippen molar-refractivity contribution in [1.29, 1.82) is 0 Å². The van der Waals surface area contributed by atoms with Crippen molar-refractivity contribution in [3.8, 4) is 5.88 Å². The van der Waals surface area contributed by atoms with E-state index in [1.165, 1.54) is 0 Å². The molecular weight excluding hydrogens is 264 g/mol. The van der Waals surface area contributed by atoms with Gasteiger partial charge < -0.3 is 10.5 Å². The molecule has 2 heterocycles. The van der Waals surface area contributed by atoms with Gasteiger partial charge in [0, 0.05) is 21.5 Å². The van der Waals surface area contributed by atoms with E-state index in [1.54, 1.807) is 6.33 Å². The third-order valence-electron chi connectivity index (χ3n) is 3.68. The maximum absolute atomic E-state index is 6.11. The van der Waals surface area contributed by atoms with Crippen molar-refractivity contribution >= 4 is 38.4 Å². The Morgan fingerprint density at radius 3 is 2.43 bits per heavy atom. The summed E-state index contributed by atoms with van der Waals surface area (Å²) >= 11 is 0. The quantitative estimate of drug-likeness (QED) is 0.583. The minimum Gasteiger partial charge on any atom is -0.477 e. The minimum absolute atomic E-state index is 0.479. The summed E-state index contributed by atoms with van der Waals surface area (Å²) in [6, 6.07) is 7.89. The van der Waals surface area contributed by atoms with E-state index >= 15 is 0 Å². The monoisotopic (exact) mass is 278 g/mol. The molecule has 0 fully saturated rings. The van der Waals surface area contributed by atoms with E-state index in [-0.39, 0.29) is 0 Å². The molecular formula is C16H14N4O. The predicted molar refractivity (Wildman–Crippen MR) is 83.7 cm³/mol. The number of anilines is 1. The number of benzene rings is 2. The smallest absolute Gasteiger partial charge is 0.223 e. The summed E-state index contributed by atoms with van der Waals surface area (Å²) in [7, 11) is 0. The SMILES string of the molecule is CCCOc1nc(N)c2ccc3ncnc4ccc1c2c34. The summed E-state index contributed by atoms with van der Waals surface area (Å²) in [6.07, 6.45) is 2.50. The lowest BCUT2D eigenvalue weighted by Crippen LogP contribution is -2.02. The highest BCUT2D eigenvalue weighted by Gasteiger charge is 2.16. The van der Waals surface area contributed by atoms with Crippen LogP contribution in [0.25, 0.3) is 32.6 Å². The summed E-state index contributed by atoms with van der Waals surface area (Å²) in [5.74, 6) is 1.06. The van der Waals surface area contributed by atoms with Gasteiger partial charge in [0.15, 0.2) is 0 Å². The molecule has 21 heavy (non-hydrogen) atoms. The lowest BCUT2D eigenvalue weighted by Gasteiger charge is -2.14. The van der Waals surface area contributed by atoms with Gasteiger partial charge in [-0.1, -0.05) is 6.92 Å². The third-order valence-corrected chi connectivity index (χ3v) is 3.68. The minimum atomic E-state index is 0.479. The first-order valence-corrected chi connectivity index (χ1v) is 6.97. The highest BCUT2D eigenvalue weighted by Crippen LogP contribution is 2.38. The molecule has 0 aliphatic heterocycles. The van der Waals surface area contributed by atoms with Crippen LogP contribution >= 0.6 is 0 Å². The number of aromatic nitrogens is 3. The van der Waals surface area contributed by atoms with Gasteiger partial charge in [-0.25, -0.2) is 9.97 Å². The number of pyridine rings is 1. The summed E-state index contributed by atoms with van der Waals surface area (Å²) in [5.41, 5.74) is 7.92. The Morgan fingerprint density at radius 2 is 1.71 bits per heavy atom. The first-order valence-electron chi connectivity index (χ1n) is 6.97. The fraction of sp³-hybridized carbons (Fsp3) is 0.188. The Balaban J connectivity index is 2.19. The predicted octanol–water partition coefficient (Wildman–Crippen LogP) is 3.14. The maximum Gasteiger partial charge on any atom is 0.223 e. The zero-order valence-corrected chi connectivity index (χ0v) is 11.6. The topological polar surface area (TPSA) is 73.9 Å². The molecule has 0 atom stereocenters. The molecule has 0 aliphatic rings. The number of ether oxygens (including phenoxy) is 1. The molecule has 0 aliphatic carbocycles. The summed E-state index contributed by atoms with van der Waals surface area (Å²) < 4.78 is 5.76. The number of rotatable bonds is 3. The lowest BCUT2D eigenvalue weighted by molar-refractivity contribution is 0.310. The maximum atomic E-state index is 6.11. The van der Waals surface area contributed by atoms with Gasteiger partial charge in [0.25, 0.3) is 0 Å². The van der Waals surface area contributed by atoms with E-state index in [4.69, 9.17) is 10.5 Å². The number of nitrogen functional groups attached to an aromatic ring is 1. The van der Waals surface area contributed by atoms with Crippen LogP contribution in [0.15, 0.2) is 30.6 Å². The molecule has 0 unspecified atom stereocenters. The fourth-order valence-corrected chi connectivity index (χ4v) is 2.76. The van der Waals surface area contributed by atoms with E-state index in [0.29, 0.717) is 18.3 Å². The Bertz CT molecular complexity index is 935. The van der Waals surface area contributed by atoms with Crippen molar-refractivity contribution in [3.63, 3.8) is 0 Å². The van der Waals surface area contributed by atoms with Crippen molar-refractivity contribution in [2.24, 2.45) is 0 Å². The van der Waals surface area contributed by atoms with Crippen LogP contribution in [-0.2, 0) is 0 Å². The van der Waals surface area contributed by atoms with Gasteiger partial charge in [-0.2, -0.15) is 4.98 Å². The van der Waals surface area contributed by atoms with Crippen molar-refractivity contribution in [2.75, 3.05) is 12.3 Å². The summed E-state index contributed by atoms with van der Waals surface area (Å²) in [6.45, 7) is 2.68. The lowest BCUT2D eigenvalue weighted by atomic mass is 10.00. The van der Waals surface area contributed by atoms with Crippen LogP contribution in [0.3, 0.4) is 0 Å². The second-order valence-corrected chi connectivity index (χ2v) is 5.04. The van der Waals surface area contributed by atoms with E-state index in [9.17, 15) is 0 Å². The van der Waals surface area contributed by atoms with Crippen LogP contribution in [0.4, 0.5) is 5.82 Å². The van der Waals surface area contributed by atoms with Crippen LogP contribution < -0.4 is 10.5 Å². The highest BCUT2D eigenvalue weighted by molar-refractivity contribution is 6.24. The number of nitrogens with two attached hydrogens (primary N) is 1. The first kappa shape index (κ1) is 12.1. The normalized spacial score (nSPS) is 11.7. The van der Waals surface area contributed by atoms with Gasteiger partial charge in [-0.05, 0) is 30.7 Å². The molecule has 0 saturated heterocycles. The molecule has 4 aromatic rings. The second kappa shape index (κ2) is 4.41. The number of hydrogen-bond acceptors (Lipinski definition) is 5. The van der Waals surface area contributed by atoms with Gasteiger partial charge >= 0.3 is 0 Å². The van der Waals surface area contributed by atoms with Gasteiger partial charge in [0.2, 0.25) is 5.88 Å². The standard InChI is InChI=1S/C16H14N4O/c1-2-7-21-16-10-4-6-12-14-11(18-8-19-12)5-3-9(13(10)14)15(17)20-16/h3-6,8H,2,7H2,1H3,(H2,17,20). The van der Waals surface area contributed by atoms with Crippen LogP contribution in [0, 0.1) is 0 Å². The molecule has 0 spiro atoms. The number of hydrogen-bond donors (Lipinski definition) is 1. The highest BCUT2D eigenvalue weighted by atomic mass is 16.5. The average Bonchev–Trinajstić information content (AvgIpc) is 2.52. The van der Waals surface area contributed by atoms with E-state index < -0.39 is 0 Å². The van der Waals surface area contributed by atoms with Crippen molar-refractivity contribution in [2.45, 2.75) is 13.3 Å². The van der Waals surface area contributed by atoms with Gasteiger partial charge in [-0.15, -0.1) is 0 Å². The third kappa shape index (κ3) is 1.67. The summed E-state index contributed by atoms with van der Waals surface area (Å²) in [4.78, 5) is 13.1. The molecule has 4 rings (SSSR count). The van der Waals surface area contributed by atoms with Gasteiger partial charge in [-0.3, -0.25) is 0 Å². The molecule has 104 valence electrons. The first-order chi connectivity index (χ1) is 10.3. The van der Waals surface area contributed by atoms with Crippen LogP contribution in [0.1, 0.15) is 13.3 Å². The van der Waals surface area contributed by atoms with Gasteiger partial charge in [0.05, 0.1) is 17.6 Å². The summed E-state index contributed by atoms with van der Waals surface area (Å²) in [5, 5.41) is 3.93. The zero-order valence-electron chi connectivity index (χ0n) is 11.6. The number of nitrogens with zero attached hydrogens (tertiary/aromatic N) is 3. The second-order valence-electron chi connectivity index (χ2n) is 5.04. The average molecular weight is 278 g/mol. The van der Waals surface area contributed by atoms with Crippen molar-refractivity contribution < 1.29 is 4.74 Å². The molecule has 0 amide bonds. The van der Waals surface area contributed by atoms with E-state index in [1.807, 2.05) is 24.3 Å². The molecule has 5 heteroatoms. The molecule has 0 saturated carbocycles. The Labute approximate surface area is 121 Å². The van der Waals surface area contributed by atoms with Crippen LogP contribution in [0.5, 0.6) is 5.88 Å². The van der Waals surface area contributed by atoms with Crippen molar-refractivity contribution in [1.82, 2.24) is 15.0 Å². The zero-order chi connectivity index (χ0) is 14.4. The molecule has 2 aromatic carbocycles.